The Labute approximate surface area is 445 Å². The molecular weight excluding hydrogens is 1020 g/mol. The number of aliphatic carboxylic acids is 1. The lowest BCUT2D eigenvalue weighted by atomic mass is 9.98. The Hall–Kier alpha value is -9.46. The number of likely N-dealkylation sites (N-methyl/N-ethyl adjacent to an activating group) is 1. The predicted molar refractivity (Wildman–Crippen MR) is 274 cm³/mol. The molecule has 0 radical (unpaired) electrons. The summed E-state index contributed by atoms with van der Waals surface area (Å²) in [5.41, 5.74) is 4.91. The third kappa shape index (κ3) is 16.3. The molecule has 0 unspecified atom stereocenters. The quantitative estimate of drug-likeness (QED) is 0.0374. The molecule has 0 aliphatic heterocycles. The van der Waals surface area contributed by atoms with E-state index in [1.165, 1.54) is 67.7 Å². The normalized spacial score (nSPS) is 14.6. The van der Waals surface area contributed by atoms with Gasteiger partial charge in [0.25, 0.3) is 0 Å². The van der Waals surface area contributed by atoms with E-state index >= 15 is 0 Å². The van der Waals surface area contributed by atoms with Crippen molar-refractivity contribution in [2.45, 2.75) is 81.2 Å². The van der Waals surface area contributed by atoms with Gasteiger partial charge in [0.15, 0.2) is 6.04 Å². The zero-order valence-corrected chi connectivity index (χ0v) is 42.0. The number of phenols is 6. The number of benzene rings is 5. The van der Waals surface area contributed by atoms with E-state index in [1.807, 2.05) is 13.8 Å². The van der Waals surface area contributed by atoms with Crippen LogP contribution in [0.15, 0.2) is 115 Å². The molecule has 18 N–H and O–H groups in total. The summed E-state index contributed by atoms with van der Waals surface area (Å²) in [6.07, 6.45) is -4.53. The van der Waals surface area contributed by atoms with Crippen molar-refractivity contribution in [3.05, 3.63) is 143 Å². The molecule has 7 amide bonds. The highest BCUT2D eigenvalue weighted by Crippen LogP contribution is 2.29. The van der Waals surface area contributed by atoms with Gasteiger partial charge in [-0.15, -0.1) is 0 Å². The van der Waals surface area contributed by atoms with Gasteiger partial charge in [0.2, 0.25) is 41.4 Å². The number of phenolic OH excluding ortho intramolecular Hbond substituents is 6. The summed E-state index contributed by atoms with van der Waals surface area (Å²) in [6, 6.07) is 8.75. The lowest BCUT2D eigenvalue weighted by Gasteiger charge is -2.30. The fraction of sp³-hybridized carbons (Fsp3) is 0.283. The first-order valence-electron chi connectivity index (χ1n) is 23.9. The first-order valence-corrected chi connectivity index (χ1v) is 23.9. The van der Waals surface area contributed by atoms with Gasteiger partial charge in [-0.2, -0.15) is 0 Å². The molecule has 78 heavy (non-hydrogen) atoms. The van der Waals surface area contributed by atoms with E-state index < -0.39 is 120 Å². The summed E-state index contributed by atoms with van der Waals surface area (Å²) in [7, 11) is 1.50. The van der Waals surface area contributed by atoms with Gasteiger partial charge >= 0.3 is 5.97 Å². The first kappa shape index (κ1) is 59.4. The number of carbonyl (C=O) groups excluding carboxylic acids is 7. The number of aromatic hydroxyl groups is 6. The summed E-state index contributed by atoms with van der Waals surface area (Å²) >= 11 is 0. The Morgan fingerprint density at radius 1 is 0.423 bits per heavy atom. The van der Waals surface area contributed by atoms with Crippen LogP contribution in [-0.2, 0) is 38.4 Å². The van der Waals surface area contributed by atoms with Crippen LogP contribution in [0.2, 0.25) is 0 Å². The number of nitrogens with two attached hydrogens (primary N) is 1. The summed E-state index contributed by atoms with van der Waals surface area (Å²) in [5.74, 6) is -12.3. The Morgan fingerprint density at radius 2 is 0.769 bits per heavy atom. The maximum atomic E-state index is 14.7. The molecule has 0 aliphatic rings. The zero-order valence-electron chi connectivity index (χ0n) is 42.0. The van der Waals surface area contributed by atoms with Crippen LogP contribution in [0.25, 0.3) is 0 Å². The van der Waals surface area contributed by atoms with Crippen molar-refractivity contribution in [3.8, 4) is 34.5 Å². The van der Waals surface area contributed by atoms with Crippen molar-refractivity contribution in [2.24, 2.45) is 11.7 Å². The Bertz CT molecular complexity index is 2920. The van der Waals surface area contributed by atoms with E-state index in [-0.39, 0.29) is 63.2 Å². The van der Waals surface area contributed by atoms with Crippen molar-refractivity contribution in [2.75, 3.05) is 7.05 Å². The highest BCUT2D eigenvalue weighted by molar-refractivity contribution is 5.99. The minimum atomic E-state index is -2.16. The van der Waals surface area contributed by atoms with Gasteiger partial charge in [-0.25, -0.2) is 4.79 Å². The molecule has 0 aliphatic carbocycles. The minimum absolute atomic E-state index is 0.0163. The SMILES string of the molecule is CN[C@H](CC(C)C)C(=O)N[C@H](C(=O)N[C@@H](CC(N)=O)C(=O)N[C@@H](C(=O)N[C@@H](C(=O)N[C@H](C(=O)N[C@H](C(=O)O)c1cc(O)cc(O)c1)[C@H](O)c1ccc(O)cc1)c1ccc(O)cc1)c1ccc(O)cc1)[C@H](O)c1ccc(O)cc1. The number of hydrogen-bond acceptors (Lipinski definition) is 17. The second-order valence-electron chi connectivity index (χ2n) is 18.4. The standard InChI is InChI=1S/C53H60N8O17/c1-25(2)20-37(55-3)47(71)60-43(45(69)28-8-16-33(64)17-9-28)51(75)56-38(24-39(54)68)48(72)57-40(26-4-12-31(62)13-5-26)49(73)58-41(27-6-14-32(63)15-7-27)50(74)61-44(46(70)29-10-18-34(65)19-11-29)52(76)59-42(53(77)78)30-21-35(66)23-36(67)22-30/h4-19,21-23,25,37-38,40-46,55,62-67,69-70H,20,24H2,1-3H3,(H2,54,68)(H,56,75)(H,57,72)(H,58,73)(H,59,76)(H,60,71)(H,61,74)(H,77,78)/t37-,38+,40-,41-,42+,43+,44+,45-,46-/m1/s1. The van der Waals surface area contributed by atoms with Gasteiger partial charge in [0.05, 0.1) is 12.5 Å². The van der Waals surface area contributed by atoms with Crippen molar-refractivity contribution in [1.29, 1.82) is 0 Å². The maximum absolute atomic E-state index is 14.7. The molecule has 0 fully saturated rings. The van der Waals surface area contributed by atoms with Crippen LogP contribution in [0.3, 0.4) is 0 Å². The fourth-order valence-corrected chi connectivity index (χ4v) is 8.00. The smallest absolute Gasteiger partial charge is 0.330 e. The summed E-state index contributed by atoms with van der Waals surface area (Å²) in [4.78, 5) is 111. The fourth-order valence-electron chi connectivity index (χ4n) is 8.00. The Morgan fingerprint density at radius 3 is 1.15 bits per heavy atom. The molecule has 5 aromatic carbocycles. The van der Waals surface area contributed by atoms with Crippen molar-refractivity contribution >= 4 is 47.3 Å². The number of aliphatic hydroxyl groups is 2. The van der Waals surface area contributed by atoms with E-state index in [0.717, 1.165) is 54.6 Å². The van der Waals surface area contributed by atoms with Gasteiger partial charge in [-0.05, 0) is 108 Å². The van der Waals surface area contributed by atoms with Gasteiger partial charge in [0, 0.05) is 6.07 Å². The molecule has 0 saturated heterocycles. The number of hydrogen-bond donors (Lipinski definition) is 17. The molecule has 414 valence electrons. The molecule has 5 aromatic rings. The van der Waals surface area contributed by atoms with Crippen LogP contribution in [-0.4, -0.2) is 124 Å². The monoisotopic (exact) mass is 1080 g/mol. The van der Waals surface area contributed by atoms with Crippen molar-refractivity contribution < 1.29 is 84.3 Å². The first-order chi connectivity index (χ1) is 36.8. The van der Waals surface area contributed by atoms with Gasteiger partial charge < -0.3 is 88.9 Å². The molecule has 9 atom stereocenters. The Kier molecular flexibility index (Phi) is 20.5. The molecule has 25 nitrogen and oxygen atoms in total. The lowest BCUT2D eigenvalue weighted by Crippen LogP contribution is -2.59. The third-order valence-corrected chi connectivity index (χ3v) is 12.0. The number of aliphatic hydroxyl groups excluding tert-OH is 2. The van der Waals surface area contributed by atoms with Gasteiger partial charge in [0.1, 0.15) is 76.9 Å². The van der Waals surface area contributed by atoms with E-state index in [2.05, 4.69) is 37.2 Å². The summed E-state index contributed by atoms with van der Waals surface area (Å²) < 4.78 is 0. The number of rotatable bonds is 25. The summed E-state index contributed by atoms with van der Waals surface area (Å²) in [5, 5.41) is 111. The second-order valence-corrected chi connectivity index (χ2v) is 18.4. The predicted octanol–water partition coefficient (Wildman–Crippen LogP) is 0.308. The number of carbonyl (C=O) groups is 8. The van der Waals surface area contributed by atoms with Crippen LogP contribution in [0.1, 0.15) is 84.8 Å². The number of amides is 7. The second kappa shape index (κ2) is 26.8. The van der Waals surface area contributed by atoms with Crippen LogP contribution >= 0.6 is 0 Å². The van der Waals surface area contributed by atoms with E-state index in [1.54, 1.807) is 0 Å². The van der Waals surface area contributed by atoms with Crippen molar-refractivity contribution in [1.82, 2.24) is 37.2 Å². The highest BCUT2D eigenvalue weighted by atomic mass is 16.4. The Balaban J connectivity index is 1.52. The van der Waals surface area contributed by atoms with Gasteiger partial charge in [-0.3, -0.25) is 33.6 Å². The minimum Gasteiger partial charge on any atom is -0.508 e. The van der Waals surface area contributed by atoms with Gasteiger partial charge in [-0.1, -0.05) is 62.4 Å². The van der Waals surface area contributed by atoms with Crippen LogP contribution in [0.5, 0.6) is 34.5 Å². The third-order valence-electron chi connectivity index (χ3n) is 12.0. The number of nitrogens with one attached hydrogen (secondary N) is 7. The van der Waals surface area contributed by atoms with Crippen LogP contribution in [0, 0.1) is 5.92 Å². The maximum Gasteiger partial charge on any atom is 0.330 e. The molecule has 0 heterocycles. The summed E-state index contributed by atoms with van der Waals surface area (Å²) in [6.45, 7) is 3.68. The van der Waals surface area contributed by atoms with E-state index in [4.69, 9.17) is 5.73 Å². The van der Waals surface area contributed by atoms with E-state index in [0.29, 0.717) is 0 Å². The molecule has 0 saturated carbocycles. The molecule has 0 bridgehead atoms. The number of primary amides is 1. The highest BCUT2D eigenvalue weighted by Gasteiger charge is 2.39. The zero-order chi connectivity index (χ0) is 57.5. The average molecular weight is 1080 g/mol. The number of carboxylic acids is 1. The van der Waals surface area contributed by atoms with E-state index in [9.17, 15) is 84.3 Å². The lowest BCUT2D eigenvalue weighted by molar-refractivity contribution is -0.143. The van der Waals surface area contributed by atoms with Crippen LogP contribution in [0.4, 0.5) is 0 Å². The number of carboxylic acid groups (broad SMARTS) is 1. The van der Waals surface area contributed by atoms with Crippen LogP contribution < -0.4 is 43.0 Å². The molecule has 0 aromatic heterocycles. The topological polar surface area (TPSA) is 429 Å². The largest absolute Gasteiger partial charge is 0.508 e. The molecular formula is C53H60N8O17. The average Bonchev–Trinajstić information content (AvgIpc) is 3.38. The molecule has 0 spiro atoms. The molecule has 25 heteroatoms. The van der Waals surface area contributed by atoms with Crippen molar-refractivity contribution in [3.63, 3.8) is 0 Å². The molecule has 5 rings (SSSR count).